The Hall–Kier alpha value is -1.56. The monoisotopic (exact) mass is 315 g/mol. The van der Waals surface area contributed by atoms with Gasteiger partial charge < -0.3 is 4.74 Å². The first kappa shape index (κ1) is 12.9. The molecule has 1 aromatic heterocycles. The molecule has 2 rings (SSSR count). The third kappa shape index (κ3) is 2.08. The molecular formula is C12H8BrF2NO2. The van der Waals surface area contributed by atoms with E-state index in [0.717, 1.165) is 18.3 Å². The highest BCUT2D eigenvalue weighted by Gasteiger charge is 2.18. The quantitative estimate of drug-likeness (QED) is 0.797. The van der Waals surface area contributed by atoms with Crippen LogP contribution in [0.15, 0.2) is 22.8 Å². The second-order valence-electron chi connectivity index (χ2n) is 3.46. The van der Waals surface area contributed by atoms with Gasteiger partial charge >= 0.3 is 5.97 Å². The molecule has 0 atom stereocenters. The molecule has 0 spiro atoms. The van der Waals surface area contributed by atoms with Crippen LogP contribution in [0.25, 0.3) is 10.9 Å². The van der Waals surface area contributed by atoms with Crippen LogP contribution in [0, 0.1) is 11.6 Å². The van der Waals surface area contributed by atoms with Crippen molar-refractivity contribution in [2.24, 2.45) is 0 Å². The van der Waals surface area contributed by atoms with E-state index in [9.17, 15) is 13.6 Å². The maximum atomic E-state index is 13.7. The van der Waals surface area contributed by atoms with Crippen molar-refractivity contribution in [2.75, 3.05) is 6.61 Å². The standard InChI is InChI=1S/C12H8BrF2NO2/c1-2-18-12(17)6-5-16-11-8(15)4-3-7(14)9(11)10(6)13/h3-5H,2H2,1H3. The molecule has 18 heavy (non-hydrogen) atoms. The lowest BCUT2D eigenvalue weighted by atomic mass is 10.1. The van der Waals surface area contributed by atoms with E-state index in [-0.39, 0.29) is 27.5 Å². The first-order valence-corrected chi connectivity index (χ1v) is 5.95. The number of pyridine rings is 1. The first-order chi connectivity index (χ1) is 8.56. The van der Waals surface area contributed by atoms with E-state index >= 15 is 0 Å². The number of fused-ring (bicyclic) bond motifs is 1. The van der Waals surface area contributed by atoms with Gasteiger partial charge in [0.25, 0.3) is 0 Å². The van der Waals surface area contributed by atoms with Gasteiger partial charge in [-0.25, -0.2) is 13.6 Å². The molecule has 0 amide bonds. The fourth-order valence-electron chi connectivity index (χ4n) is 1.55. The van der Waals surface area contributed by atoms with E-state index in [0.29, 0.717) is 0 Å². The lowest BCUT2D eigenvalue weighted by molar-refractivity contribution is 0.0525. The summed E-state index contributed by atoms with van der Waals surface area (Å²) in [6, 6.07) is 1.97. The van der Waals surface area contributed by atoms with Crippen molar-refractivity contribution in [2.45, 2.75) is 6.92 Å². The van der Waals surface area contributed by atoms with Gasteiger partial charge in [-0.15, -0.1) is 0 Å². The number of halogens is 3. The number of hydrogen-bond donors (Lipinski definition) is 0. The summed E-state index contributed by atoms with van der Waals surface area (Å²) in [6.45, 7) is 1.84. The van der Waals surface area contributed by atoms with Crippen LogP contribution in [0.4, 0.5) is 8.78 Å². The Kier molecular flexibility index (Phi) is 3.56. The van der Waals surface area contributed by atoms with Crippen molar-refractivity contribution in [1.29, 1.82) is 0 Å². The summed E-state index contributed by atoms with van der Waals surface area (Å²) in [4.78, 5) is 15.4. The topological polar surface area (TPSA) is 39.2 Å². The Balaban J connectivity index is 2.71. The van der Waals surface area contributed by atoms with Gasteiger partial charge in [-0.3, -0.25) is 4.98 Å². The zero-order chi connectivity index (χ0) is 13.3. The molecule has 0 aliphatic carbocycles. The van der Waals surface area contributed by atoms with Gasteiger partial charge in [0, 0.05) is 10.7 Å². The minimum atomic E-state index is -0.656. The zero-order valence-electron chi connectivity index (χ0n) is 9.34. The van der Waals surface area contributed by atoms with Gasteiger partial charge in [-0.05, 0) is 35.0 Å². The molecular weight excluding hydrogens is 308 g/mol. The minimum Gasteiger partial charge on any atom is -0.462 e. The van der Waals surface area contributed by atoms with E-state index in [4.69, 9.17) is 4.74 Å². The normalized spacial score (nSPS) is 10.7. The van der Waals surface area contributed by atoms with Crippen molar-refractivity contribution in [3.63, 3.8) is 0 Å². The number of carbonyl (C=O) groups is 1. The lowest BCUT2D eigenvalue weighted by Gasteiger charge is -2.07. The van der Waals surface area contributed by atoms with Gasteiger partial charge in [-0.2, -0.15) is 0 Å². The Morgan fingerprint density at radius 3 is 2.72 bits per heavy atom. The summed E-state index contributed by atoms with van der Waals surface area (Å²) >= 11 is 3.09. The zero-order valence-corrected chi connectivity index (χ0v) is 10.9. The molecule has 6 heteroatoms. The SMILES string of the molecule is CCOC(=O)c1cnc2c(F)ccc(F)c2c1Br. The second-order valence-corrected chi connectivity index (χ2v) is 4.25. The molecule has 2 aromatic rings. The second kappa shape index (κ2) is 4.97. The molecule has 0 fully saturated rings. The molecule has 0 saturated carbocycles. The van der Waals surface area contributed by atoms with Crippen LogP contribution >= 0.6 is 15.9 Å². The van der Waals surface area contributed by atoms with Gasteiger partial charge in [-0.1, -0.05) is 0 Å². The predicted octanol–water partition coefficient (Wildman–Crippen LogP) is 3.45. The Morgan fingerprint density at radius 1 is 1.39 bits per heavy atom. The highest BCUT2D eigenvalue weighted by Crippen LogP contribution is 2.30. The molecule has 1 heterocycles. The van der Waals surface area contributed by atoms with Gasteiger partial charge in [0.2, 0.25) is 0 Å². The van der Waals surface area contributed by atoms with Crippen molar-refractivity contribution >= 4 is 32.8 Å². The number of benzene rings is 1. The Bertz CT molecular complexity index is 631. The number of nitrogens with zero attached hydrogens (tertiary/aromatic N) is 1. The fraction of sp³-hybridized carbons (Fsp3) is 0.167. The number of esters is 1. The molecule has 0 aliphatic rings. The van der Waals surface area contributed by atoms with Crippen LogP contribution in [0.3, 0.4) is 0 Å². The van der Waals surface area contributed by atoms with Crippen molar-refractivity contribution in [1.82, 2.24) is 4.98 Å². The van der Waals surface area contributed by atoms with E-state index < -0.39 is 17.6 Å². The minimum absolute atomic E-state index is 0.0637. The average Bonchev–Trinajstić information content (AvgIpc) is 2.34. The van der Waals surface area contributed by atoms with Crippen LogP contribution < -0.4 is 0 Å². The van der Waals surface area contributed by atoms with Crippen LogP contribution in [-0.2, 0) is 4.74 Å². The third-order valence-electron chi connectivity index (χ3n) is 2.35. The molecule has 0 N–H and O–H groups in total. The molecule has 0 aliphatic heterocycles. The highest BCUT2D eigenvalue weighted by molar-refractivity contribution is 9.10. The largest absolute Gasteiger partial charge is 0.462 e. The van der Waals surface area contributed by atoms with E-state index in [1.165, 1.54) is 0 Å². The van der Waals surface area contributed by atoms with E-state index in [1.54, 1.807) is 6.92 Å². The third-order valence-corrected chi connectivity index (χ3v) is 3.18. The first-order valence-electron chi connectivity index (χ1n) is 5.15. The fourth-order valence-corrected chi connectivity index (χ4v) is 2.19. The van der Waals surface area contributed by atoms with Gasteiger partial charge in [0.05, 0.1) is 17.6 Å². The van der Waals surface area contributed by atoms with Gasteiger partial charge in [0.1, 0.15) is 17.2 Å². The maximum absolute atomic E-state index is 13.7. The summed E-state index contributed by atoms with van der Waals surface area (Å²) < 4.78 is 32.1. The van der Waals surface area contributed by atoms with Crippen molar-refractivity contribution in [3.8, 4) is 0 Å². The van der Waals surface area contributed by atoms with Crippen LogP contribution in [0.1, 0.15) is 17.3 Å². The van der Waals surface area contributed by atoms with E-state index in [1.807, 2.05) is 0 Å². The molecule has 0 unspecified atom stereocenters. The number of hydrogen-bond acceptors (Lipinski definition) is 3. The Labute approximate surface area is 110 Å². The van der Waals surface area contributed by atoms with Gasteiger partial charge in [0.15, 0.2) is 0 Å². The van der Waals surface area contributed by atoms with Crippen molar-refractivity contribution in [3.05, 3.63) is 40.0 Å². The molecule has 3 nitrogen and oxygen atoms in total. The summed E-state index contributed by atoms with van der Waals surface area (Å²) in [6.07, 6.45) is 1.16. The van der Waals surface area contributed by atoms with Crippen molar-refractivity contribution < 1.29 is 18.3 Å². The summed E-state index contributed by atoms with van der Waals surface area (Å²) in [7, 11) is 0. The number of ether oxygens (including phenoxy) is 1. The molecule has 0 saturated heterocycles. The predicted molar refractivity (Wildman–Crippen MR) is 65.3 cm³/mol. The number of aromatic nitrogens is 1. The molecule has 1 aromatic carbocycles. The highest BCUT2D eigenvalue weighted by atomic mass is 79.9. The summed E-state index contributed by atoms with van der Waals surface area (Å²) in [5.74, 6) is -1.94. The van der Waals surface area contributed by atoms with Crippen LogP contribution in [-0.4, -0.2) is 17.6 Å². The van der Waals surface area contributed by atoms with Crippen LogP contribution in [0.5, 0.6) is 0 Å². The number of carbonyl (C=O) groups excluding carboxylic acids is 1. The molecule has 0 bridgehead atoms. The van der Waals surface area contributed by atoms with Crippen LogP contribution in [0.2, 0.25) is 0 Å². The smallest absolute Gasteiger partial charge is 0.340 e. The summed E-state index contributed by atoms with van der Waals surface area (Å²) in [5.41, 5.74) is -0.0660. The molecule has 0 radical (unpaired) electrons. The number of rotatable bonds is 2. The maximum Gasteiger partial charge on any atom is 0.340 e. The summed E-state index contributed by atoms with van der Waals surface area (Å²) in [5, 5.41) is -0.0689. The average molecular weight is 316 g/mol. The van der Waals surface area contributed by atoms with E-state index in [2.05, 4.69) is 20.9 Å². The Morgan fingerprint density at radius 2 is 2.06 bits per heavy atom. The lowest BCUT2D eigenvalue weighted by Crippen LogP contribution is -2.07. The molecule has 94 valence electrons.